The quantitative estimate of drug-likeness (QED) is 0.00501. The molecule has 2 amide bonds. The lowest BCUT2D eigenvalue weighted by molar-refractivity contribution is -0.385. The molecule has 756 valence electrons. The molecule has 8 rings (SSSR count). The Morgan fingerprint density at radius 3 is 0.956 bits per heavy atom. The number of aliphatic hydroxyl groups excluding tert-OH is 1. The maximum atomic E-state index is 12.6. The van der Waals surface area contributed by atoms with Crippen LogP contribution in [0.2, 0.25) is 30.1 Å². The van der Waals surface area contributed by atoms with Crippen molar-refractivity contribution in [3.63, 3.8) is 0 Å². The van der Waals surface area contributed by atoms with Crippen molar-refractivity contribution in [2.45, 2.75) is 173 Å². The van der Waals surface area contributed by atoms with Gasteiger partial charge in [0.1, 0.15) is 73.4 Å². The zero-order valence-electron chi connectivity index (χ0n) is 81.5. The van der Waals surface area contributed by atoms with Crippen LogP contribution in [0.5, 0.6) is 46.0 Å². The Morgan fingerprint density at radius 1 is 0.431 bits per heavy atom. The SMILES string of the molecule is CCOc1c(Cl)cc(C(=O)Nc2ccc(C(=O)O)c(O)c2)cc1Cl.CCOc1c(Cl)cc(C(=O)Nc2ccc(C(=O)OC(C)(C)C)c(OC)c2)cc1Cl.CCOc1c(Cl)cc(C(=O)O)cc1Cl.CN(C)C(OC(C)(C)C)OC(C)(C)C.CO.COc1cc(N)ccc1C(=O)OC(C)(C)C.COc1cc([N+](=O)[O-])ccc1C(=O)O.COc1cc([N+](=O)[O-])ccc1C(=O)OC(C)(C)C.ClB(Cl)Cl.[2H]CC. The fraction of sp³-hybridized carbons (Fsp3) is 0.391. The minimum Gasteiger partial charge on any atom is -0.507 e. The van der Waals surface area contributed by atoms with Crippen molar-refractivity contribution in [2.24, 2.45) is 0 Å². The zero-order chi connectivity index (χ0) is 107. The van der Waals surface area contributed by atoms with Gasteiger partial charge in [0.15, 0.2) is 17.2 Å². The lowest BCUT2D eigenvalue weighted by Gasteiger charge is -2.35. The van der Waals surface area contributed by atoms with E-state index < -0.39 is 85.0 Å². The van der Waals surface area contributed by atoms with Crippen molar-refractivity contribution in [3.05, 3.63) is 222 Å². The van der Waals surface area contributed by atoms with Gasteiger partial charge >= 0.3 is 40.8 Å². The monoisotopic (exact) mass is 2100 g/mol. The highest BCUT2D eigenvalue weighted by Gasteiger charge is 2.29. The normalized spacial score (nSPS) is 10.7. The minimum atomic E-state index is -1.27. The summed E-state index contributed by atoms with van der Waals surface area (Å²) in [6.07, 6.45) is -0.296. The van der Waals surface area contributed by atoms with E-state index in [1.54, 1.807) is 86.6 Å². The molecule has 9 N–H and O–H groups in total. The van der Waals surface area contributed by atoms with Crippen molar-refractivity contribution in [2.75, 3.05) is 85.8 Å². The molecule has 0 radical (unpaired) electrons. The third kappa shape index (κ3) is 49.3. The standard InChI is InChI=1S/C21H23Cl2NO5.C16H13Cl2NO5.C12H15NO5.C12H17NO3.C11H25NO2.C9H8Cl2O3.C8H7NO5.C2H6.CH4O.BCl3/c1-6-28-18-15(22)9-12(10-16(18)23)19(25)24-13-7-8-14(17(11-13)27-5)20(26)29-21(2,3)4;1-2-24-14-11(17)5-8(6-12(14)18)15(21)19-9-3-4-10(16(22)23)13(20)7-9;1-12(2,3)18-11(14)9-6-5-8(13(15)16)7-10(9)17-4;1-12(2,3)16-11(14)9-6-5-8(13)7-10(9)15-4;1-10(2,3)13-9(12(7)8)14-11(4,5)6;1-2-14-8-6(10)3-5(9(12)13)4-7(8)11;1-14-7-4-5(9(12)13)2-3-6(7)8(10)11;2*1-2;2-1(3)4/h7-11H,6H2,1-5H3,(H,24,25);3-7,20H,2H2,1H3,(H,19,21)(H,22,23);5-7H,1-4H3;5-7H,13H2,1-4H3;9H,1-8H3;3-4H,2H2,1H3,(H,12,13);2-4H,1H3,(H,10,11);1-2H3;2H,1H3;/i;;;;;;;1D;;. The molecule has 8 aromatic rings. The number of halogens is 9. The predicted molar refractivity (Wildman–Crippen MR) is 535 cm³/mol. The van der Waals surface area contributed by atoms with Gasteiger partial charge < -0.3 is 98.7 Å². The highest BCUT2D eigenvalue weighted by Crippen LogP contribution is 2.39. The summed E-state index contributed by atoms with van der Waals surface area (Å²) in [5, 5.41) is 70.4. The highest BCUT2D eigenvalue weighted by molar-refractivity contribution is 7.54. The Labute approximate surface area is 843 Å². The number of nitrogen functional groups attached to an aromatic ring is 1. The van der Waals surface area contributed by atoms with Crippen LogP contribution in [0.4, 0.5) is 28.4 Å². The van der Waals surface area contributed by atoms with Gasteiger partial charge in [-0.25, -0.2) is 28.8 Å². The van der Waals surface area contributed by atoms with Crippen LogP contribution in [0.25, 0.3) is 0 Å². The van der Waals surface area contributed by atoms with Crippen molar-refractivity contribution in [3.8, 4) is 46.0 Å². The first-order valence-electron chi connectivity index (χ1n) is 41.1. The molecule has 137 heavy (non-hydrogen) atoms. The molecule has 0 heterocycles. The number of nitrogens with one attached hydrogen (secondary N) is 2. The Kier molecular flexibility index (Phi) is 56.5. The van der Waals surface area contributed by atoms with Crippen LogP contribution in [0.3, 0.4) is 0 Å². The molecule has 0 aromatic heterocycles. The van der Waals surface area contributed by atoms with E-state index >= 15 is 0 Å². The molecule has 35 nitrogen and oxygen atoms in total. The number of esters is 3. The number of aliphatic hydroxyl groups is 1. The first-order chi connectivity index (χ1) is 63.7. The van der Waals surface area contributed by atoms with Crippen LogP contribution < -0.4 is 49.5 Å². The number of carboxylic acids is 3. The van der Waals surface area contributed by atoms with Gasteiger partial charge in [0.2, 0.25) is 6.41 Å². The first kappa shape index (κ1) is 126. The number of phenols is 1. The van der Waals surface area contributed by atoms with E-state index in [0.29, 0.717) is 66.7 Å². The minimum absolute atomic E-state index is 0.0216. The average Bonchev–Trinajstić information content (AvgIpc) is 0.811. The summed E-state index contributed by atoms with van der Waals surface area (Å²) in [7, 11) is 10.4. The molecule has 8 aromatic carbocycles. The van der Waals surface area contributed by atoms with Crippen molar-refractivity contribution < 1.29 is 132 Å². The molecular formula is C92H118BCl9N6O29. The predicted octanol–water partition coefficient (Wildman–Crippen LogP) is 23.6. The Morgan fingerprint density at radius 2 is 0.693 bits per heavy atom. The molecule has 0 unspecified atom stereocenters. The fourth-order valence-electron chi connectivity index (χ4n) is 9.69. The zero-order valence-corrected chi connectivity index (χ0v) is 87.3. The van der Waals surface area contributed by atoms with Gasteiger partial charge in [0.25, 0.3) is 23.2 Å². The lowest BCUT2D eigenvalue weighted by Crippen LogP contribution is -2.43. The second kappa shape index (κ2) is 61.4. The molecular weight excluding hydrogens is 1980 g/mol. The first-order valence-corrected chi connectivity index (χ1v) is 44.0. The van der Waals surface area contributed by atoms with E-state index in [2.05, 4.69) is 10.6 Å². The van der Waals surface area contributed by atoms with Gasteiger partial charge in [-0.05, 0) is 224 Å². The number of carbonyl (C=O) groups excluding carboxylic acids is 5. The molecule has 0 saturated heterocycles. The van der Waals surface area contributed by atoms with E-state index in [4.69, 9.17) is 188 Å². The number of nitrogens with two attached hydrogens (primary N) is 1. The fourth-order valence-corrected chi connectivity index (χ4v) is 11.5. The number of anilines is 3. The smallest absolute Gasteiger partial charge is 0.450 e. The maximum absolute atomic E-state index is 12.6. The van der Waals surface area contributed by atoms with Crippen molar-refractivity contribution in [1.82, 2.24) is 4.90 Å². The summed E-state index contributed by atoms with van der Waals surface area (Å²) in [5.74, 6) is -4.69. The number of carboxylic acid groups (broad SMARTS) is 3. The summed E-state index contributed by atoms with van der Waals surface area (Å²) < 4.78 is 69.4. The number of hydrogen-bond donors (Lipinski definition) is 8. The van der Waals surface area contributed by atoms with Gasteiger partial charge in [0, 0.05) is 67.0 Å². The molecule has 45 heteroatoms. The highest BCUT2D eigenvalue weighted by atomic mass is 35.6. The number of non-ortho nitro benzene ring substituents is 2. The van der Waals surface area contributed by atoms with Gasteiger partial charge in [-0.3, -0.25) is 34.7 Å². The maximum Gasteiger partial charge on any atom is 0.450 e. The van der Waals surface area contributed by atoms with Crippen LogP contribution >= 0.6 is 104 Å². The van der Waals surface area contributed by atoms with Gasteiger partial charge in [-0.1, -0.05) is 83.4 Å². The molecule has 0 saturated carbocycles. The number of aromatic carboxylic acids is 3. The number of methoxy groups -OCH3 is 4. The van der Waals surface area contributed by atoms with Gasteiger partial charge in [0.05, 0.1) is 117 Å². The molecule has 0 spiro atoms. The van der Waals surface area contributed by atoms with Crippen molar-refractivity contribution in [1.29, 1.82) is 0 Å². The van der Waals surface area contributed by atoms with Crippen LogP contribution in [0.1, 0.15) is 223 Å². The molecule has 0 aliphatic heterocycles. The second-order valence-corrected chi connectivity index (χ2v) is 36.2. The van der Waals surface area contributed by atoms with E-state index in [-0.39, 0.29) is 121 Å². The van der Waals surface area contributed by atoms with Crippen molar-refractivity contribution >= 4 is 185 Å². The van der Waals surface area contributed by atoms with E-state index in [9.17, 15) is 63.7 Å². The summed E-state index contributed by atoms with van der Waals surface area (Å²) >= 11 is 50.4. The molecule has 0 aliphatic rings. The number of benzene rings is 8. The third-order valence-electron chi connectivity index (χ3n) is 15.0. The second-order valence-electron chi connectivity index (χ2n) is 31.8. The Bertz CT molecular complexity index is 5270. The lowest BCUT2D eigenvalue weighted by atomic mass is 10.1. The number of carbonyl (C=O) groups is 8. The number of hydrogen-bond acceptors (Lipinski definition) is 28. The number of aromatic hydroxyl groups is 1. The number of nitro groups is 2. The summed E-state index contributed by atoms with van der Waals surface area (Å²) in [5.41, 5.74) is 5.21. The number of nitro benzene ring substituents is 2. The van der Waals surface area contributed by atoms with E-state index in [1.165, 1.54) is 107 Å². The van der Waals surface area contributed by atoms with E-state index in [0.717, 1.165) is 31.4 Å². The van der Waals surface area contributed by atoms with Crippen LogP contribution in [0, 0.1) is 20.2 Å². The van der Waals surface area contributed by atoms with Crippen LogP contribution in [0.15, 0.2) is 127 Å². The molecule has 0 fully saturated rings. The third-order valence-corrected chi connectivity index (χ3v) is 16.7. The van der Waals surface area contributed by atoms with Gasteiger partial charge in [-0.15, -0.1) is 0 Å². The number of nitrogens with zero attached hydrogens (tertiary/aromatic N) is 3. The topological polar surface area (TPSA) is 488 Å². The summed E-state index contributed by atoms with van der Waals surface area (Å²) in [6, 6.07) is 28.6. The number of amides is 2. The summed E-state index contributed by atoms with van der Waals surface area (Å²) in [4.78, 5) is 114. The Balaban J connectivity index is 0. The van der Waals surface area contributed by atoms with Crippen LogP contribution in [-0.2, 0) is 23.7 Å². The van der Waals surface area contributed by atoms with Crippen LogP contribution in [-0.4, -0.2) is 197 Å². The average molecular weight is 2100 g/mol. The summed E-state index contributed by atoms with van der Waals surface area (Å²) in [6.45, 7) is 37.0. The van der Waals surface area contributed by atoms with E-state index in [1.807, 2.05) is 88.2 Å². The Hall–Kier alpha value is -11.0. The number of ether oxygens (including phenoxy) is 12. The molecule has 0 aliphatic carbocycles. The largest absolute Gasteiger partial charge is 0.507 e. The van der Waals surface area contributed by atoms with Gasteiger partial charge in [-0.2, -0.15) is 34.4 Å². The number of rotatable bonds is 25. The molecule has 0 atom stereocenters. The molecule has 0 bridgehead atoms.